The van der Waals surface area contributed by atoms with Gasteiger partial charge in [-0.05, 0) is 0 Å². The molecule has 3 rings (SSSR count). The topological polar surface area (TPSA) is 0 Å². The van der Waals surface area contributed by atoms with Gasteiger partial charge >= 0.3 is 125 Å². The Labute approximate surface area is 125 Å². The van der Waals surface area contributed by atoms with Gasteiger partial charge in [0.15, 0.2) is 0 Å². The Morgan fingerprint density at radius 1 is 0.850 bits per heavy atom. The second-order valence-corrected chi connectivity index (χ2v) is 16.6. The molecule has 0 saturated carbocycles. The monoisotopic (exact) mass is 326 g/mol. The molecule has 0 saturated heterocycles. The second-order valence-electron chi connectivity index (χ2n) is 7.60. The van der Waals surface area contributed by atoms with Crippen LogP contribution < -0.4 is 8.79 Å². The summed E-state index contributed by atoms with van der Waals surface area (Å²) < 4.78 is 3.37. The molecule has 0 aliphatic carbocycles. The first-order valence-corrected chi connectivity index (χ1v) is 13.8. The van der Waals surface area contributed by atoms with Gasteiger partial charge in [0.1, 0.15) is 0 Å². The zero-order valence-electron chi connectivity index (χ0n) is 13.5. The standard InChI is InChI=1S/C19H24Ge/c1-13-11-12-15-14-9-7-8-10-16(14)20(5,6)18(15)17(13)19(2,3)4/h7-12H,1-6H3. The summed E-state index contributed by atoms with van der Waals surface area (Å²) in [6.45, 7) is 9.35. The van der Waals surface area contributed by atoms with Crippen molar-refractivity contribution >= 4 is 22.1 Å². The molecule has 0 radical (unpaired) electrons. The first kappa shape index (κ1) is 13.9. The zero-order chi connectivity index (χ0) is 14.7. The van der Waals surface area contributed by atoms with E-state index in [9.17, 15) is 0 Å². The van der Waals surface area contributed by atoms with E-state index in [-0.39, 0.29) is 5.41 Å². The number of fused-ring (bicyclic) bond motifs is 3. The van der Waals surface area contributed by atoms with Gasteiger partial charge in [-0.15, -0.1) is 0 Å². The van der Waals surface area contributed by atoms with Crippen molar-refractivity contribution in [2.24, 2.45) is 0 Å². The van der Waals surface area contributed by atoms with Crippen LogP contribution in [0.4, 0.5) is 0 Å². The van der Waals surface area contributed by atoms with E-state index in [0.29, 0.717) is 0 Å². The SMILES string of the molecule is Cc1ccc2[c](c1C(C)(C)C)[Ge]([CH3])([CH3])[c]1ccccc1-2. The van der Waals surface area contributed by atoms with Crippen LogP contribution in [0.3, 0.4) is 0 Å². The molecule has 0 bridgehead atoms. The number of benzene rings is 2. The molecule has 2 aromatic carbocycles. The molecule has 2 aromatic rings. The Kier molecular flexibility index (Phi) is 2.95. The van der Waals surface area contributed by atoms with E-state index >= 15 is 0 Å². The average molecular weight is 325 g/mol. The van der Waals surface area contributed by atoms with E-state index in [2.05, 4.69) is 75.6 Å². The van der Waals surface area contributed by atoms with E-state index in [1.165, 1.54) is 16.7 Å². The first-order chi connectivity index (χ1) is 9.24. The van der Waals surface area contributed by atoms with Crippen molar-refractivity contribution in [2.45, 2.75) is 44.6 Å². The average Bonchev–Trinajstić information content (AvgIpc) is 2.58. The molecule has 104 valence electrons. The third kappa shape index (κ3) is 1.81. The fourth-order valence-electron chi connectivity index (χ4n) is 3.94. The third-order valence-corrected chi connectivity index (χ3v) is 12.1. The van der Waals surface area contributed by atoms with Crippen LogP contribution >= 0.6 is 0 Å². The van der Waals surface area contributed by atoms with Crippen LogP contribution in [0.15, 0.2) is 36.4 Å². The van der Waals surface area contributed by atoms with Crippen LogP contribution in [-0.2, 0) is 5.41 Å². The summed E-state index contributed by atoms with van der Waals surface area (Å²) in [5.41, 5.74) is 6.30. The molecule has 1 aliphatic rings. The number of rotatable bonds is 0. The van der Waals surface area contributed by atoms with Crippen molar-refractivity contribution in [1.82, 2.24) is 0 Å². The molecule has 1 heteroatoms. The molecule has 0 fully saturated rings. The van der Waals surface area contributed by atoms with Crippen molar-refractivity contribution in [1.29, 1.82) is 0 Å². The van der Waals surface area contributed by atoms with Gasteiger partial charge in [0, 0.05) is 0 Å². The van der Waals surface area contributed by atoms with Crippen LogP contribution in [0.5, 0.6) is 0 Å². The van der Waals surface area contributed by atoms with Gasteiger partial charge in [-0.2, -0.15) is 0 Å². The molecular formula is C19H24Ge. The van der Waals surface area contributed by atoms with E-state index in [4.69, 9.17) is 0 Å². The van der Waals surface area contributed by atoms with Gasteiger partial charge in [0.2, 0.25) is 0 Å². The minimum atomic E-state index is -2.15. The predicted octanol–water partition coefficient (Wildman–Crippen LogP) is 4.10. The van der Waals surface area contributed by atoms with Crippen molar-refractivity contribution in [2.75, 3.05) is 0 Å². The molecular weight excluding hydrogens is 301 g/mol. The van der Waals surface area contributed by atoms with E-state index in [0.717, 1.165) is 0 Å². The summed E-state index contributed by atoms with van der Waals surface area (Å²) in [5.74, 6) is 5.11. The molecule has 0 unspecified atom stereocenters. The van der Waals surface area contributed by atoms with Gasteiger partial charge in [-0.3, -0.25) is 0 Å². The van der Waals surface area contributed by atoms with Crippen LogP contribution in [0.25, 0.3) is 11.1 Å². The molecule has 1 heterocycles. The Morgan fingerprint density at radius 3 is 2.15 bits per heavy atom. The maximum atomic E-state index is 2.55. The summed E-state index contributed by atoms with van der Waals surface area (Å²) in [7, 11) is 0. The first-order valence-electron chi connectivity index (χ1n) is 7.49. The summed E-state index contributed by atoms with van der Waals surface area (Å²) in [5, 5.41) is 0. The minimum absolute atomic E-state index is 0.222. The van der Waals surface area contributed by atoms with E-state index in [1.54, 1.807) is 14.4 Å². The quantitative estimate of drug-likeness (QED) is 0.640. The fourth-order valence-corrected chi connectivity index (χ4v) is 11.8. The van der Waals surface area contributed by atoms with Crippen molar-refractivity contribution in [3.63, 3.8) is 0 Å². The molecule has 0 atom stereocenters. The number of hydrogen-bond acceptors (Lipinski definition) is 0. The molecule has 1 aliphatic heterocycles. The normalized spacial score (nSPS) is 15.9. The summed E-state index contributed by atoms with van der Waals surface area (Å²) >= 11 is -2.15. The molecule has 0 aromatic heterocycles. The number of hydrogen-bond donors (Lipinski definition) is 0. The van der Waals surface area contributed by atoms with Gasteiger partial charge in [0.25, 0.3) is 0 Å². The molecule has 20 heavy (non-hydrogen) atoms. The maximum absolute atomic E-state index is 2.55. The van der Waals surface area contributed by atoms with Crippen LogP contribution in [0, 0.1) is 6.92 Å². The summed E-state index contributed by atoms with van der Waals surface area (Å²) in [6.07, 6.45) is 0. The van der Waals surface area contributed by atoms with Crippen LogP contribution in [0.2, 0.25) is 11.5 Å². The summed E-state index contributed by atoms with van der Waals surface area (Å²) in [6, 6.07) is 13.8. The van der Waals surface area contributed by atoms with Crippen LogP contribution in [-0.4, -0.2) is 13.3 Å². The molecule has 0 N–H and O–H groups in total. The Morgan fingerprint density at radius 2 is 1.50 bits per heavy atom. The van der Waals surface area contributed by atoms with Crippen molar-refractivity contribution < 1.29 is 0 Å². The predicted molar refractivity (Wildman–Crippen MR) is 92.1 cm³/mol. The van der Waals surface area contributed by atoms with E-state index in [1.807, 2.05) is 0 Å². The van der Waals surface area contributed by atoms with Gasteiger partial charge in [-0.1, -0.05) is 0 Å². The Hall–Kier alpha value is -1.02. The van der Waals surface area contributed by atoms with E-state index < -0.39 is 13.3 Å². The molecule has 0 nitrogen and oxygen atoms in total. The Balaban J connectivity index is 2.44. The summed E-state index contributed by atoms with van der Waals surface area (Å²) in [4.78, 5) is 0. The van der Waals surface area contributed by atoms with Gasteiger partial charge < -0.3 is 0 Å². The van der Waals surface area contributed by atoms with Crippen molar-refractivity contribution in [3.8, 4) is 11.1 Å². The number of aryl methyl sites for hydroxylation is 1. The second kappa shape index (κ2) is 4.24. The molecule has 0 amide bonds. The fraction of sp³-hybridized carbons (Fsp3) is 0.368. The van der Waals surface area contributed by atoms with Gasteiger partial charge in [-0.25, -0.2) is 0 Å². The van der Waals surface area contributed by atoms with Gasteiger partial charge in [0.05, 0.1) is 0 Å². The zero-order valence-corrected chi connectivity index (χ0v) is 15.6. The molecule has 0 spiro atoms. The van der Waals surface area contributed by atoms with Crippen LogP contribution in [0.1, 0.15) is 31.9 Å². The van der Waals surface area contributed by atoms with Crippen molar-refractivity contribution in [3.05, 3.63) is 47.5 Å². The third-order valence-electron chi connectivity index (χ3n) is 4.68. The Bertz CT molecular complexity index is 687.